The average Bonchev–Trinajstić information content (AvgIpc) is 2.36. The Balaban J connectivity index is 2.22. The van der Waals surface area contributed by atoms with Gasteiger partial charge in [-0.1, -0.05) is 0 Å². The van der Waals surface area contributed by atoms with Gasteiger partial charge in [0.1, 0.15) is 17.5 Å². The topological polar surface area (TPSA) is 12.0 Å². The number of anilines is 1. The summed E-state index contributed by atoms with van der Waals surface area (Å²) in [6.07, 6.45) is 0. The van der Waals surface area contributed by atoms with Crippen molar-refractivity contribution in [3.63, 3.8) is 0 Å². The Kier molecular flexibility index (Phi) is 3.79. The van der Waals surface area contributed by atoms with Crippen LogP contribution in [0.4, 0.5) is 18.9 Å². The molecule has 1 nitrogen and oxygen atoms in total. The molecule has 1 atom stereocenters. The van der Waals surface area contributed by atoms with Crippen LogP contribution in [-0.2, 0) is 0 Å². The molecule has 0 aliphatic heterocycles. The molecule has 0 heterocycles. The van der Waals surface area contributed by atoms with Crippen LogP contribution in [0.3, 0.4) is 0 Å². The molecule has 0 aliphatic carbocycles. The van der Waals surface area contributed by atoms with Gasteiger partial charge >= 0.3 is 0 Å². The molecule has 0 saturated carbocycles. The smallest absolute Gasteiger partial charge is 0.128 e. The Bertz CT molecular complexity index is 579. The van der Waals surface area contributed by atoms with Crippen molar-refractivity contribution in [3.05, 3.63) is 65.0 Å². The normalized spacial score (nSPS) is 12.3. The summed E-state index contributed by atoms with van der Waals surface area (Å²) < 4.78 is 40.0. The predicted octanol–water partition coefficient (Wildman–Crippen LogP) is 4.59. The summed E-state index contributed by atoms with van der Waals surface area (Å²) in [5.74, 6) is -1.24. The molecular weight excluding hydrogens is 251 g/mol. The fraction of sp³-hybridized carbons (Fsp3) is 0.200. The lowest BCUT2D eigenvalue weighted by atomic mass is 10.0. The number of nitrogens with one attached hydrogen (secondary N) is 1. The standard InChI is InChI=1S/C15H14F3N/c1-9-7-15(18)13(8-14(9)17)10(2)19-12-5-3-11(16)4-6-12/h3-8,10,19H,1-2H3. The molecule has 0 spiro atoms. The molecular formula is C15H14F3N. The van der Waals surface area contributed by atoms with Gasteiger partial charge in [0.15, 0.2) is 0 Å². The lowest BCUT2D eigenvalue weighted by molar-refractivity contribution is 0.571. The van der Waals surface area contributed by atoms with Crippen LogP contribution >= 0.6 is 0 Å². The Hall–Kier alpha value is -1.97. The highest BCUT2D eigenvalue weighted by Crippen LogP contribution is 2.24. The van der Waals surface area contributed by atoms with E-state index in [-0.39, 0.29) is 16.9 Å². The third-order valence-corrected chi connectivity index (χ3v) is 2.97. The van der Waals surface area contributed by atoms with Gasteiger partial charge in [0.05, 0.1) is 6.04 Å². The van der Waals surface area contributed by atoms with E-state index in [0.29, 0.717) is 5.69 Å². The average molecular weight is 265 g/mol. The van der Waals surface area contributed by atoms with Crippen molar-refractivity contribution in [2.24, 2.45) is 0 Å². The number of halogens is 3. The molecule has 1 N–H and O–H groups in total. The fourth-order valence-corrected chi connectivity index (χ4v) is 1.87. The van der Waals surface area contributed by atoms with E-state index in [4.69, 9.17) is 0 Å². The van der Waals surface area contributed by atoms with Gasteiger partial charge in [-0.05, 0) is 55.8 Å². The van der Waals surface area contributed by atoms with E-state index in [1.165, 1.54) is 31.2 Å². The molecule has 0 aliphatic rings. The van der Waals surface area contributed by atoms with E-state index >= 15 is 0 Å². The summed E-state index contributed by atoms with van der Waals surface area (Å²) in [6, 6.07) is 7.66. The maximum Gasteiger partial charge on any atom is 0.128 e. The van der Waals surface area contributed by atoms with Crippen molar-refractivity contribution in [1.82, 2.24) is 0 Å². The number of aryl methyl sites for hydroxylation is 1. The third-order valence-electron chi connectivity index (χ3n) is 2.97. The van der Waals surface area contributed by atoms with Crippen LogP contribution in [0.5, 0.6) is 0 Å². The van der Waals surface area contributed by atoms with E-state index in [1.807, 2.05) is 0 Å². The minimum Gasteiger partial charge on any atom is -0.378 e. The maximum absolute atomic E-state index is 13.8. The minimum absolute atomic E-state index is 0.243. The highest BCUT2D eigenvalue weighted by Gasteiger charge is 2.13. The van der Waals surface area contributed by atoms with E-state index in [9.17, 15) is 13.2 Å². The van der Waals surface area contributed by atoms with E-state index in [2.05, 4.69) is 5.32 Å². The molecule has 19 heavy (non-hydrogen) atoms. The lowest BCUT2D eigenvalue weighted by Gasteiger charge is -2.17. The van der Waals surface area contributed by atoms with Crippen LogP contribution in [0.15, 0.2) is 36.4 Å². The Morgan fingerprint density at radius 1 is 0.947 bits per heavy atom. The van der Waals surface area contributed by atoms with Crippen LogP contribution in [0.25, 0.3) is 0 Å². The molecule has 2 rings (SSSR count). The Morgan fingerprint density at radius 3 is 2.21 bits per heavy atom. The van der Waals surface area contributed by atoms with Crippen molar-refractivity contribution in [3.8, 4) is 0 Å². The van der Waals surface area contributed by atoms with Gasteiger partial charge in [0, 0.05) is 11.3 Å². The lowest BCUT2D eigenvalue weighted by Crippen LogP contribution is -2.09. The van der Waals surface area contributed by atoms with Gasteiger partial charge in [-0.25, -0.2) is 13.2 Å². The van der Waals surface area contributed by atoms with Crippen molar-refractivity contribution >= 4 is 5.69 Å². The van der Waals surface area contributed by atoms with Crippen molar-refractivity contribution in [2.45, 2.75) is 19.9 Å². The van der Waals surface area contributed by atoms with Crippen molar-refractivity contribution in [1.29, 1.82) is 0 Å². The van der Waals surface area contributed by atoms with Crippen LogP contribution in [-0.4, -0.2) is 0 Å². The maximum atomic E-state index is 13.8. The van der Waals surface area contributed by atoms with Crippen LogP contribution < -0.4 is 5.32 Å². The van der Waals surface area contributed by atoms with Gasteiger partial charge in [0.2, 0.25) is 0 Å². The second-order valence-corrected chi connectivity index (χ2v) is 4.50. The minimum atomic E-state index is -0.457. The summed E-state index contributed by atoms with van der Waals surface area (Å²) in [5, 5.41) is 3.00. The van der Waals surface area contributed by atoms with Gasteiger partial charge in [0.25, 0.3) is 0 Å². The summed E-state index contributed by atoms with van der Waals surface area (Å²) in [5.41, 5.74) is 1.16. The molecule has 2 aromatic carbocycles. The first kappa shape index (κ1) is 13.5. The number of benzene rings is 2. The van der Waals surface area contributed by atoms with Crippen molar-refractivity contribution < 1.29 is 13.2 Å². The fourth-order valence-electron chi connectivity index (χ4n) is 1.87. The SMILES string of the molecule is Cc1cc(F)c(C(C)Nc2ccc(F)cc2)cc1F. The molecule has 0 fully saturated rings. The van der Waals surface area contributed by atoms with Gasteiger partial charge in [-0.3, -0.25) is 0 Å². The zero-order valence-electron chi connectivity index (χ0n) is 10.7. The molecule has 1 unspecified atom stereocenters. The van der Waals surface area contributed by atoms with E-state index < -0.39 is 17.7 Å². The van der Waals surface area contributed by atoms with Gasteiger partial charge in [-0.15, -0.1) is 0 Å². The van der Waals surface area contributed by atoms with E-state index in [1.54, 1.807) is 19.1 Å². The largest absolute Gasteiger partial charge is 0.378 e. The molecule has 0 radical (unpaired) electrons. The zero-order valence-corrected chi connectivity index (χ0v) is 10.7. The monoisotopic (exact) mass is 265 g/mol. The Morgan fingerprint density at radius 2 is 1.58 bits per heavy atom. The van der Waals surface area contributed by atoms with Gasteiger partial charge in [-0.2, -0.15) is 0 Å². The number of hydrogen-bond acceptors (Lipinski definition) is 1. The summed E-state index contributed by atoms with van der Waals surface area (Å²) in [6.45, 7) is 3.23. The van der Waals surface area contributed by atoms with E-state index in [0.717, 1.165) is 0 Å². The molecule has 2 aromatic rings. The first-order chi connectivity index (χ1) is 8.97. The van der Waals surface area contributed by atoms with Crippen LogP contribution in [0.2, 0.25) is 0 Å². The quantitative estimate of drug-likeness (QED) is 0.856. The summed E-state index contributed by atoms with van der Waals surface area (Å²) in [7, 11) is 0. The van der Waals surface area contributed by atoms with Crippen LogP contribution in [0, 0.1) is 24.4 Å². The number of rotatable bonds is 3. The third kappa shape index (κ3) is 3.08. The molecule has 0 aromatic heterocycles. The second kappa shape index (κ2) is 5.34. The first-order valence-corrected chi connectivity index (χ1v) is 5.95. The highest BCUT2D eigenvalue weighted by molar-refractivity contribution is 5.45. The molecule has 4 heteroatoms. The molecule has 100 valence electrons. The predicted molar refractivity (Wildman–Crippen MR) is 69.5 cm³/mol. The first-order valence-electron chi connectivity index (χ1n) is 5.95. The Labute approximate surface area is 110 Å². The summed E-state index contributed by atoms with van der Waals surface area (Å²) >= 11 is 0. The second-order valence-electron chi connectivity index (χ2n) is 4.50. The zero-order chi connectivity index (χ0) is 14.0. The molecule has 0 amide bonds. The number of hydrogen-bond donors (Lipinski definition) is 1. The van der Waals surface area contributed by atoms with Crippen LogP contribution in [0.1, 0.15) is 24.1 Å². The van der Waals surface area contributed by atoms with Crippen molar-refractivity contribution in [2.75, 3.05) is 5.32 Å². The molecule has 0 saturated heterocycles. The van der Waals surface area contributed by atoms with Gasteiger partial charge < -0.3 is 5.32 Å². The summed E-state index contributed by atoms with van der Waals surface area (Å²) in [4.78, 5) is 0. The molecule has 0 bridgehead atoms. The highest BCUT2D eigenvalue weighted by atomic mass is 19.1.